The SMILES string of the molecule is CCOC(=O)c1c(NC(=O)C(C)Sc2nnc(N)s2)sc2c1CCCC2. The number of aromatic nitrogens is 2. The number of nitrogens with two attached hydrogens (primary N) is 1. The fourth-order valence-corrected chi connectivity index (χ4v) is 5.82. The average Bonchev–Trinajstić information content (AvgIpc) is 3.17. The number of hydrogen-bond acceptors (Lipinski definition) is 9. The zero-order chi connectivity index (χ0) is 18.7. The van der Waals surface area contributed by atoms with E-state index in [-0.39, 0.29) is 11.9 Å². The Morgan fingerprint density at radius 2 is 2.08 bits per heavy atom. The molecule has 0 aromatic carbocycles. The molecular formula is C16H20N4O3S3. The molecule has 0 fully saturated rings. The summed E-state index contributed by atoms with van der Waals surface area (Å²) in [7, 11) is 0. The Morgan fingerprint density at radius 3 is 2.77 bits per heavy atom. The lowest BCUT2D eigenvalue weighted by atomic mass is 9.95. The Labute approximate surface area is 163 Å². The first-order valence-corrected chi connectivity index (χ1v) is 10.9. The lowest BCUT2D eigenvalue weighted by Crippen LogP contribution is -2.23. The molecule has 0 aliphatic heterocycles. The molecule has 2 aromatic rings. The molecule has 1 atom stereocenters. The number of amides is 1. The Bertz CT molecular complexity index is 818. The Balaban J connectivity index is 1.78. The van der Waals surface area contributed by atoms with Crippen LogP contribution in [0.2, 0.25) is 0 Å². The number of fused-ring (bicyclic) bond motifs is 1. The van der Waals surface area contributed by atoms with Gasteiger partial charge < -0.3 is 15.8 Å². The van der Waals surface area contributed by atoms with Crippen LogP contribution in [0, 0.1) is 0 Å². The average molecular weight is 413 g/mol. The van der Waals surface area contributed by atoms with Crippen LogP contribution in [0.1, 0.15) is 47.5 Å². The van der Waals surface area contributed by atoms with E-state index in [4.69, 9.17) is 10.5 Å². The maximum atomic E-state index is 12.6. The van der Waals surface area contributed by atoms with Crippen molar-refractivity contribution < 1.29 is 14.3 Å². The molecule has 2 heterocycles. The fraction of sp³-hybridized carbons (Fsp3) is 0.500. The first-order chi connectivity index (χ1) is 12.5. The van der Waals surface area contributed by atoms with Crippen LogP contribution in [0.5, 0.6) is 0 Å². The number of rotatable bonds is 6. The van der Waals surface area contributed by atoms with Crippen LogP contribution in [0.3, 0.4) is 0 Å². The fourth-order valence-electron chi connectivity index (χ4n) is 2.76. The number of thiophene rings is 1. The molecule has 1 aliphatic carbocycles. The van der Waals surface area contributed by atoms with Crippen LogP contribution in [0.15, 0.2) is 4.34 Å². The molecule has 2 aromatic heterocycles. The van der Waals surface area contributed by atoms with Crippen LogP contribution in [0.25, 0.3) is 0 Å². The van der Waals surface area contributed by atoms with Crippen molar-refractivity contribution >= 4 is 56.4 Å². The lowest BCUT2D eigenvalue weighted by molar-refractivity contribution is -0.115. The molecule has 0 saturated carbocycles. The normalized spacial score (nSPS) is 14.5. The topological polar surface area (TPSA) is 107 Å². The van der Waals surface area contributed by atoms with Crippen molar-refractivity contribution in [2.45, 2.75) is 49.1 Å². The zero-order valence-corrected chi connectivity index (χ0v) is 17.0. The summed E-state index contributed by atoms with van der Waals surface area (Å²) >= 11 is 4.02. The number of nitrogens with zero attached hydrogens (tertiary/aromatic N) is 2. The number of nitrogens with one attached hydrogen (secondary N) is 1. The van der Waals surface area contributed by atoms with Gasteiger partial charge in [0.25, 0.3) is 0 Å². The minimum Gasteiger partial charge on any atom is -0.462 e. The van der Waals surface area contributed by atoms with E-state index in [1.54, 1.807) is 13.8 Å². The van der Waals surface area contributed by atoms with Crippen molar-refractivity contribution in [1.29, 1.82) is 0 Å². The van der Waals surface area contributed by atoms with E-state index in [1.165, 1.54) is 39.3 Å². The van der Waals surface area contributed by atoms with E-state index in [1.807, 2.05) is 0 Å². The third-order valence-corrected chi connectivity index (χ3v) is 7.10. The minimum absolute atomic E-state index is 0.187. The standard InChI is InChI=1S/C16H20N4O3S3/c1-3-23-14(22)11-9-6-4-5-7-10(9)25-13(11)18-12(21)8(2)24-16-20-19-15(17)26-16/h8H,3-7H2,1-2H3,(H2,17,19)(H,18,21). The van der Waals surface area contributed by atoms with Gasteiger partial charge in [0.2, 0.25) is 11.0 Å². The molecule has 1 amide bonds. The first-order valence-electron chi connectivity index (χ1n) is 8.37. The second kappa shape index (κ2) is 8.36. The molecule has 1 aliphatic rings. The van der Waals surface area contributed by atoms with Crippen molar-refractivity contribution in [3.8, 4) is 0 Å². The van der Waals surface area contributed by atoms with Gasteiger partial charge in [0.1, 0.15) is 5.00 Å². The second-order valence-electron chi connectivity index (χ2n) is 5.79. The van der Waals surface area contributed by atoms with E-state index in [0.717, 1.165) is 31.2 Å². The molecule has 10 heteroatoms. The summed E-state index contributed by atoms with van der Waals surface area (Å²) in [6, 6.07) is 0. The molecule has 1 unspecified atom stereocenters. The minimum atomic E-state index is -0.392. The second-order valence-corrected chi connectivity index (χ2v) is 9.49. The summed E-state index contributed by atoms with van der Waals surface area (Å²) in [6.07, 6.45) is 3.95. The van der Waals surface area contributed by atoms with E-state index >= 15 is 0 Å². The van der Waals surface area contributed by atoms with Gasteiger partial charge in [-0.15, -0.1) is 21.5 Å². The number of aryl methyl sites for hydroxylation is 1. The largest absolute Gasteiger partial charge is 0.462 e. The Hall–Kier alpha value is -1.65. The molecule has 26 heavy (non-hydrogen) atoms. The number of ether oxygens (including phenoxy) is 1. The number of nitrogen functional groups attached to an aromatic ring is 1. The predicted molar refractivity (Wildman–Crippen MR) is 105 cm³/mol. The highest BCUT2D eigenvalue weighted by Gasteiger charge is 2.28. The first kappa shape index (κ1) is 19.1. The summed E-state index contributed by atoms with van der Waals surface area (Å²) in [4.78, 5) is 26.2. The zero-order valence-electron chi connectivity index (χ0n) is 14.5. The van der Waals surface area contributed by atoms with Crippen molar-refractivity contribution in [2.75, 3.05) is 17.7 Å². The van der Waals surface area contributed by atoms with Gasteiger partial charge in [0, 0.05) is 4.88 Å². The van der Waals surface area contributed by atoms with Crippen LogP contribution in [-0.4, -0.2) is 33.9 Å². The van der Waals surface area contributed by atoms with Gasteiger partial charge in [-0.05, 0) is 45.1 Å². The predicted octanol–water partition coefficient (Wildman–Crippen LogP) is 3.36. The van der Waals surface area contributed by atoms with Crippen LogP contribution in [-0.2, 0) is 22.4 Å². The van der Waals surface area contributed by atoms with Gasteiger partial charge in [0.15, 0.2) is 4.34 Å². The van der Waals surface area contributed by atoms with Gasteiger partial charge in [-0.3, -0.25) is 4.79 Å². The van der Waals surface area contributed by atoms with Gasteiger partial charge >= 0.3 is 5.97 Å². The number of esters is 1. The molecule has 7 nitrogen and oxygen atoms in total. The van der Waals surface area contributed by atoms with Crippen LogP contribution < -0.4 is 11.1 Å². The number of carbonyl (C=O) groups is 2. The monoisotopic (exact) mass is 412 g/mol. The molecule has 0 bridgehead atoms. The summed E-state index contributed by atoms with van der Waals surface area (Å²) in [6.45, 7) is 3.87. The van der Waals surface area contributed by atoms with E-state index < -0.39 is 5.25 Å². The van der Waals surface area contributed by atoms with Crippen molar-refractivity contribution in [3.63, 3.8) is 0 Å². The molecule has 140 valence electrons. The number of anilines is 2. The van der Waals surface area contributed by atoms with E-state index in [2.05, 4.69) is 15.5 Å². The summed E-state index contributed by atoms with van der Waals surface area (Å²) in [5, 5.41) is 11.2. The highest BCUT2D eigenvalue weighted by Crippen LogP contribution is 2.39. The number of carbonyl (C=O) groups excluding carboxylic acids is 2. The molecule has 0 saturated heterocycles. The van der Waals surface area contributed by atoms with Crippen molar-refractivity contribution in [1.82, 2.24) is 10.2 Å². The quantitative estimate of drug-likeness (QED) is 0.553. The Morgan fingerprint density at radius 1 is 1.31 bits per heavy atom. The molecule has 0 spiro atoms. The van der Waals surface area contributed by atoms with Crippen LogP contribution >= 0.6 is 34.4 Å². The van der Waals surface area contributed by atoms with E-state index in [9.17, 15) is 9.59 Å². The van der Waals surface area contributed by atoms with Crippen LogP contribution in [0.4, 0.5) is 10.1 Å². The lowest BCUT2D eigenvalue weighted by Gasteiger charge is -2.13. The number of hydrogen-bond donors (Lipinski definition) is 2. The van der Waals surface area contributed by atoms with Gasteiger partial charge in [0.05, 0.1) is 17.4 Å². The maximum Gasteiger partial charge on any atom is 0.341 e. The van der Waals surface area contributed by atoms with Crippen molar-refractivity contribution in [3.05, 3.63) is 16.0 Å². The molecule has 3 N–H and O–H groups in total. The third kappa shape index (κ3) is 4.18. The molecular weight excluding hydrogens is 392 g/mol. The van der Waals surface area contributed by atoms with Gasteiger partial charge in [-0.1, -0.05) is 23.1 Å². The molecule has 0 radical (unpaired) electrons. The summed E-state index contributed by atoms with van der Waals surface area (Å²) in [5.41, 5.74) is 7.13. The Kier molecular flexibility index (Phi) is 6.15. The highest BCUT2D eigenvalue weighted by molar-refractivity contribution is 8.02. The summed E-state index contributed by atoms with van der Waals surface area (Å²) < 4.78 is 5.85. The molecule has 3 rings (SSSR count). The number of thioether (sulfide) groups is 1. The van der Waals surface area contributed by atoms with Gasteiger partial charge in [-0.25, -0.2) is 4.79 Å². The third-order valence-electron chi connectivity index (χ3n) is 3.96. The van der Waals surface area contributed by atoms with E-state index in [0.29, 0.717) is 26.6 Å². The maximum absolute atomic E-state index is 12.6. The summed E-state index contributed by atoms with van der Waals surface area (Å²) in [5.74, 6) is -0.549. The smallest absolute Gasteiger partial charge is 0.341 e. The van der Waals surface area contributed by atoms with Gasteiger partial charge in [-0.2, -0.15) is 0 Å². The van der Waals surface area contributed by atoms with Crippen molar-refractivity contribution in [2.24, 2.45) is 0 Å². The highest BCUT2D eigenvalue weighted by atomic mass is 32.2.